The first kappa shape index (κ1) is 21.9. The highest BCUT2D eigenvalue weighted by molar-refractivity contribution is 14.0. The van der Waals surface area contributed by atoms with Gasteiger partial charge >= 0.3 is 0 Å². The Bertz CT molecular complexity index is 799. The molecular weight excluding hydrogens is 477 g/mol. The van der Waals surface area contributed by atoms with Crippen LogP contribution in [0.1, 0.15) is 43.8 Å². The molecule has 2 N–H and O–H groups in total. The molecule has 1 aliphatic heterocycles. The molecule has 2 heterocycles. The van der Waals surface area contributed by atoms with Gasteiger partial charge in [-0.2, -0.15) is 0 Å². The quantitative estimate of drug-likeness (QED) is 0.369. The van der Waals surface area contributed by atoms with Crippen molar-refractivity contribution in [2.24, 2.45) is 12.0 Å². The Morgan fingerprint density at radius 1 is 1.07 bits per heavy atom. The Morgan fingerprint density at radius 2 is 1.79 bits per heavy atom. The van der Waals surface area contributed by atoms with E-state index < -0.39 is 0 Å². The highest BCUT2D eigenvalue weighted by atomic mass is 127. The van der Waals surface area contributed by atoms with Crippen molar-refractivity contribution in [3.05, 3.63) is 42.0 Å². The predicted octanol–water partition coefficient (Wildman–Crippen LogP) is 3.00. The monoisotopic (exact) mass is 509 g/mol. The van der Waals surface area contributed by atoms with Gasteiger partial charge in [-0.3, -0.25) is 0 Å². The van der Waals surface area contributed by atoms with E-state index >= 15 is 0 Å². The van der Waals surface area contributed by atoms with Crippen LogP contribution in [0.15, 0.2) is 35.3 Å². The van der Waals surface area contributed by atoms with Crippen molar-refractivity contribution in [1.29, 1.82) is 0 Å². The fraction of sp³-hybridized carbons (Fsp3) is 0.571. The average Bonchev–Trinajstić information content (AvgIpc) is 3.45. The molecule has 1 aromatic carbocycles. The number of aryl methyl sites for hydroxylation is 1. The molecule has 1 atom stereocenters. The number of anilines is 1. The molecule has 0 radical (unpaired) electrons. The standard InChI is InChI=1S/C21H31N7.HI/c1-16-25-26-20(27(16)2)14-22-21(23-17-8-6-7-9-17)24-18-12-13-28(15-18)19-10-4-3-5-11-19;/h3-5,10-11,17-18H,6-9,12-15H2,1-2H3,(H2,22,23,24);1H. The molecule has 7 nitrogen and oxygen atoms in total. The Hall–Kier alpha value is -1.84. The Morgan fingerprint density at radius 3 is 2.48 bits per heavy atom. The van der Waals surface area contributed by atoms with Crippen LogP contribution in [0, 0.1) is 6.92 Å². The molecule has 1 aliphatic carbocycles. The molecule has 1 aromatic heterocycles. The van der Waals surface area contributed by atoms with Crippen LogP contribution < -0.4 is 15.5 Å². The lowest BCUT2D eigenvalue weighted by atomic mass is 10.2. The minimum Gasteiger partial charge on any atom is -0.369 e. The third-order valence-electron chi connectivity index (χ3n) is 5.91. The maximum atomic E-state index is 4.85. The minimum absolute atomic E-state index is 0. The highest BCUT2D eigenvalue weighted by Crippen LogP contribution is 2.20. The van der Waals surface area contributed by atoms with Gasteiger partial charge < -0.3 is 20.1 Å². The summed E-state index contributed by atoms with van der Waals surface area (Å²) in [5.41, 5.74) is 1.30. The summed E-state index contributed by atoms with van der Waals surface area (Å²) in [4.78, 5) is 7.29. The summed E-state index contributed by atoms with van der Waals surface area (Å²) in [6.45, 7) is 4.57. The molecule has 4 rings (SSSR count). The third-order valence-corrected chi connectivity index (χ3v) is 5.91. The van der Waals surface area contributed by atoms with Crippen molar-refractivity contribution < 1.29 is 0 Å². The van der Waals surface area contributed by atoms with Gasteiger partial charge in [-0.25, -0.2) is 4.99 Å². The van der Waals surface area contributed by atoms with Gasteiger partial charge in [0.2, 0.25) is 0 Å². The van der Waals surface area contributed by atoms with Gasteiger partial charge in [0, 0.05) is 37.9 Å². The number of halogens is 1. The van der Waals surface area contributed by atoms with E-state index in [1.54, 1.807) is 0 Å². The Balaban J connectivity index is 0.00000240. The van der Waals surface area contributed by atoms with Crippen molar-refractivity contribution in [3.8, 4) is 0 Å². The van der Waals surface area contributed by atoms with Gasteiger partial charge in [0.15, 0.2) is 11.8 Å². The summed E-state index contributed by atoms with van der Waals surface area (Å²) >= 11 is 0. The summed E-state index contributed by atoms with van der Waals surface area (Å²) in [5, 5.41) is 15.7. The van der Waals surface area contributed by atoms with E-state index in [1.807, 2.05) is 18.5 Å². The second-order valence-corrected chi connectivity index (χ2v) is 7.92. The SMILES string of the molecule is Cc1nnc(CN=C(NC2CCCC2)NC2CCN(c3ccccc3)C2)n1C.I. The number of para-hydroxylation sites is 1. The second-order valence-electron chi connectivity index (χ2n) is 7.92. The van der Waals surface area contributed by atoms with Crippen LogP contribution in [0.4, 0.5) is 5.69 Å². The smallest absolute Gasteiger partial charge is 0.192 e. The van der Waals surface area contributed by atoms with E-state index in [2.05, 4.69) is 56.1 Å². The van der Waals surface area contributed by atoms with Crippen LogP contribution in [0.25, 0.3) is 0 Å². The molecule has 8 heteroatoms. The van der Waals surface area contributed by atoms with Crippen molar-refractivity contribution in [1.82, 2.24) is 25.4 Å². The molecule has 1 unspecified atom stereocenters. The molecule has 2 fully saturated rings. The molecule has 2 aliphatic rings. The maximum Gasteiger partial charge on any atom is 0.192 e. The van der Waals surface area contributed by atoms with E-state index in [-0.39, 0.29) is 24.0 Å². The normalized spacial score (nSPS) is 20.0. The summed E-state index contributed by atoms with van der Waals surface area (Å²) in [6, 6.07) is 11.6. The van der Waals surface area contributed by atoms with Gasteiger partial charge in [-0.05, 0) is 38.3 Å². The van der Waals surface area contributed by atoms with E-state index in [9.17, 15) is 0 Å². The van der Waals surface area contributed by atoms with Gasteiger partial charge in [0.1, 0.15) is 12.4 Å². The molecule has 158 valence electrons. The number of benzene rings is 1. The molecule has 0 bridgehead atoms. The van der Waals surface area contributed by atoms with Crippen LogP contribution >= 0.6 is 24.0 Å². The number of hydrogen-bond acceptors (Lipinski definition) is 4. The molecule has 29 heavy (non-hydrogen) atoms. The zero-order valence-corrected chi connectivity index (χ0v) is 19.7. The molecule has 1 saturated carbocycles. The fourth-order valence-corrected chi connectivity index (χ4v) is 4.08. The third kappa shape index (κ3) is 5.61. The van der Waals surface area contributed by atoms with Crippen molar-refractivity contribution in [2.45, 2.75) is 57.7 Å². The molecule has 2 aromatic rings. The molecule has 1 saturated heterocycles. The van der Waals surface area contributed by atoms with Gasteiger partial charge in [-0.1, -0.05) is 31.0 Å². The van der Waals surface area contributed by atoms with Crippen LogP contribution in [-0.2, 0) is 13.6 Å². The lowest BCUT2D eigenvalue weighted by Crippen LogP contribution is -2.47. The highest BCUT2D eigenvalue weighted by Gasteiger charge is 2.25. The van der Waals surface area contributed by atoms with E-state index in [0.29, 0.717) is 18.6 Å². The first-order valence-corrected chi connectivity index (χ1v) is 10.4. The van der Waals surface area contributed by atoms with E-state index in [0.717, 1.165) is 37.1 Å². The lowest BCUT2D eigenvalue weighted by Gasteiger charge is -2.22. The van der Waals surface area contributed by atoms with Gasteiger partial charge in [0.05, 0.1) is 0 Å². The molecule has 0 amide bonds. The predicted molar refractivity (Wildman–Crippen MR) is 128 cm³/mol. The van der Waals surface area contributed by atoms with Crippen molar-refractivity contribution >= 4 is 35.6 Å². The van der Waals surface area contributed by atoms with Crippen molar-refractivity contribution in [3.63, 3.8) is 0 Å². The fourth-order valence-electron chi connectivity index (χ4n) is 4.08. The van der Waals surface area contributed by atoms with Gasteiger partial charge in [-0.15, -0.1) is 34.2 Å². The number of nitrogens with one attached hydrogen (secondary N) is 2. The number of aromatic nitrogens is 3. The number of rotatable bonds is 5. The summed E-state index contributed by atoms with van der Waals surface area (Å²) < 4.78 is 2.00. The Labute approximate surface area is 190 Å². The number of aliphatic imine (C=N–C) groups is 1. The van der Waals surface area contributed by atoms with Crippen molar-refractivity contribution in [2.75, 3.05) is 18.0 Å². The van der Waals surface area contributed by atoms with Crippen LogP contribution in [0.3, 0.4) is 0 Å². The number of hydrogen-bond donors (Lipinski definition) is 2. The first-order valence-electron chi connectivity index (χ1n) is 10.4. The van der Waals surface area contributed by atoms with Crippen LogP contribution in [-0.4, -0.2) is 45.9 Å². The summed E-state index contributed by atoms with van der Waals surface area (Å²) in [6.07, 6.45) is 6.18. The van der Waals surface area contributed by atoms with E-state index in [1.165, 1.54) is 31.4 Å². The summed E-state index contributed by atoms with van der Waals surface area (Å²) in [7, 11) is 1.99. The molecular formula is C21H32IN7. The van der Waals surface area contributed by atoms with Gasteiger partial charge in [0.25, 0.3) is 0 Å². The number of guanidine groups is 1. The average molecular weight is 509 g/mol. The largest absolute Gasteiger partial charge is 0.369 e. The minimum atomic E-state index is 0. The topological polar surface area (TPSA) is 70.4 Å². The first-order chi connectivity index (χ1) is 13.7. The van der Waals surface area contributed by atoms with Crippen LogP contribution in [0.5, 0.6) is 0 Å². The zero-order valence-electron chi connectivity index (χ0n) is 17.3. The van der Waals surface area contributed by atoms with E-state index in [4.69, 9.17) is 4.99 Å². The summed E-state index contributed by atoms with van der Waals surface area (Å²) in [5.74, 6) is 2.72. The maximum absolute atomic E-state index is 4.85. The number of nitrogens with zero attached hydrogens (tertiary/aromatic N) is 5. The Kier molecular flexibility index (Phi) is 7.74. The lowest BCUT2D eigenvalue weighted by molar-refractivity contribution is 0.584. The van der Waals surface area contributed by atoms with Crippen LogP contribution in [0.2, 0.25) is 0 Å². The zero-order chi connectivity index (χ0) is 19.3. The molecule has 0 spiro atoms. The second kappa shape index (κ2) is 10.3.